The maximum Gasteiger partial charge on any atom is 0.336 e. The van der Waals surface area contributed by atoms with Crippen molar-refractivity contribution in [2.45, 2.75) is 57.8 Å². The molecule has 4 heteroatoms. The lowest BCUT2D eigenvalue weighted by Crippen LogP contribution is -2.36. The molecule has 2 aliphatic carbocycles. The summed E-state index contributed by atoms with van der Waals surface area (Å²) >= 11 is 0. The number of carbonyl (C=O) groups is 1. The van der Waals surface area contributed by atoms with Crippen LogP contribution in [0.15, 0.2) is 22.3 Å². The number of fused-ring (bicyclic) bond motifs is 2. The van der Waals surface area contributed by atoms with Gasteiger partial charge in [-0.15, -0.1) is 0 Å². The highest BCUT2D eigenvalue weighted by molar-refractivity contribution is 5.92. The van der Waals surface area contributed by atoms with Crippen LogP contribution in [0.3, 0.4) is 0 Å². The molecule has 1 saturated carbocycles. The summed E-state index contributed by atoms with van der Waals surface area (Å²) in [7, 11) is 1.59. The van der Waals surface area contributed by atoms with Crippen molar-refractivity contribution in [2.24, 2.45) is 5.92 Å². The van der Waals surface area contributed by atoms with Gasteiger partial charge in [0.25, 0.3) is 0 Å². The normalized spacial score (nSPS) is 40.6. The highest BCUT2D eigenvalue weighted by atomic mass is 16.7. The number of rotatable bonds is 1. The van der Waals surface area contributed by atoms with Crippen LogP contribution in [-0.4, -0.2) is 29.6 Å². The molecular formula is C16H22O4. The Bertz CT molecular complexity index is 541. The molecule has 1 aliphatic heterocycles. The Hall–Kier alpha value is -1.13. The standard InChI is InChI=1S/C16H22O4/c1-9-8-16(19-4)12(10(2)14(17)20-16)7-13-11(9)5-6-15(13,3)18/h13,18H,5-8H2,1-4H3/t13-,15-,16?/m0/s1. The SMILES string of the molecule is COC12CC(C)=C3CC[C@](C)(O)[C@H]3CC1=C(C)C(=O)O2. The van der Waals surface area contributed by atoms with Crippen molar-refractivity contribution in [1.29, 1.82) is 0 Å². The summed E-state index contributed by atoms with van der Waals surface area (Å²) < 4.78 is 11.2. The molecule has 0 radical (unpaired) electrons. The lowest BCUT2D eigenvalue weighted by Gasteiger charge is -2.30. The van der Waals surface area contributed by atoms with Crippen LogP contribution in [0.1, 0.15) is 46.5 Å². The molecule has 20 heavy (non-hydrogen) atoms. The van der Waals surface area contributed by atoms with Gasteiger partial charge in [-0.25, -0.2) is 4.79 Å². The van der Waals surface area contributed by atoms with Crippen molar-refractivity contribution < 1.29 is 19.4 Å². The predicted octanol–water partition coefficient (Wildman–Crippen LogP) is 2.47. The molecule has 3 rings (SSSR count). The third-order valence-corrected chi connectivity index (χ3v) is 5.33. The highest BCUT2D eigenvalue weighted by Crippen LogP contribution is 2.53. The molecule has 0 aromatic carbocycles. The summed E-state index contributed by atoms with van der Waals surface area (Å²) in [6, 6.07) is 0. The second-order valence-corrected chi connectivity index (χ2v) is 6.55. The van der Waals surface area contributed by atoms with E-state index in [0.717, 1.165) is 18.4 Å². The van der Waals surface area contributed by atoms with Gasteiger partial charge in [-0.2, -0.15) is 0 Å². The molecule has 1 fully saturated rings. The van der Waals surface area contributed by atoms with E-state index in [1.54, 1.807) is 14.0 Å². The zero-order valence-corrected chi connectivity index (χ0v) is 12.6. The van der Waals surface area contributed by atoms with Gasteiger partial charge in [-0.05, 0) is 40.0 Å². The van der Waals surface area contributed by atoms with E-state index in [1.807, 2.05) is 6.92 Å². The van der Waals surface area contributed by atoms with Gasteiger partial charge in [0.05, 0.1) is 5.60 Å². The minimum Gasteiger partial charge on any atom is -0.425 e. The molecule has 0 saturated heterocycles. The van der Waals surface area contributed by atoms with E-state index in [9.17, 15) is 9.90 Å². The molecule has 110 valence electrons. The van der Waals surface area contributed by atoms with Gasteiger partial charge in [0.2, 0.25) is 5.79 Å². The Balaban J connectivity index is 2.12. The van der Waals surface area contributed by atoms with Crippen molar-refractivity contribution in [2.75, 3.05) is 7.11 Å². The Morgan fingerprint density at radius 1 is 1.40 bits per heavy atom. The first kappa shape index (κ1) is 13.8. The fourth-order valence-electron chi connectivity index (χ4n) is 4.02. The number of carbonyl (C=O) groups excluding carboxylic acids is 1. The quantitative estimate of drug-likeness (QED) is 0.591. The molecule has 1 unspecified atom stereocenters. The molecule has 0 aromatic rings. The van der Waals surface area contributed by atoms with Crippen LogP contribution in [0, 0.1) is 5.92 Å². The van der Waals surface area contributed by atoms with Crippen molar-refractivity contribution in [3.05, 3.63) is 22.3 Å². The first-order valence-electron chi connectivity index (χ1n) is 7.20. The van der Waals surface area contributed by atoms with E-state index in [-0.39, 0.29) is 11.9 Å². The van der Waals surface area contributed by atoms with Gasteiger partial charge >= 0.3 is 5.97 Å². The number of ether oxygens (including phenoxy) is 2. The third-order valence-electron chi connectivity index (χ3n) is 5.33. The van der Waals surface area contributed by atoms with Crippen molar-refractivity contribution in [3.8, 4) is 0 Å². The summed E-state index contributed by atoms with van der Waals surface area (Å²) in [5, 5.41) is 10.6. The molecule has 3 aliphatic rings. The Kier molecular flexibility index (Phi) is 2.89. The van der Waals surface area contributed by atoms with E-state index in [2.05, 4.69) is 6.92 Å². The van der Waals surface area contributed by atoms with Gasteiger partial charge in [-0.1, -0.05) is 11.1 Å². The highest BCUT2D eigenvalue weighted by Gasteiger charge is 2.53. The average Bonchev–Trinajstić information content (AvgIpc) is 2.74. The first-order valence-corrected chi connectivity index (χ1v) is 7.20. The summed E-state index contributed by atoms with van der Waals surface area (Å²) in [5.74, 6) is -1.17. The van der Waals surface area contributed by atoms with Crippen LogP contribution in [0.5, 0.6) is 0 Å². The summed E-state index contributed by atoms with van der Waals surface area (Å²) in [4.78, 5) is 11.9. The monoisotopic (exact) mass is 278 g/mol. The number of methoxy groups -OCH3 is 1. The van der Waals surface area contributed by atoms with Crippen molar-refractivity contribution in [1.82, 2.24) is 0 Å². The first-order chi connectivity index (χ1) is 9.31. The van der Waals surface area contributed by atoms with Crippen molar-refractivity contribution >= 4 is 5.97 Å². The topological polar surface area (TPSA) is 55.8 Å². The molecule has 1 N–H and O–H groups in total. The Morgan fingerprint density at radius 3 is 2.75 bits per heavy atom. The van der Waals surface area contributed by atoms with E-state index >= 15 is 0 Å². The van der Waals surface area contributed by atoms with Crippen LogP contribution < -0.4 is 0 Å². The van der Waals surface area contributed by atoms with E-state index in [1.165, 1.54) is 11.1 Å². The second-order valence-electron chi connectivity index (χ2n) is 6.55. The van der Waals surface area contributed by atoms with Gasteiger partial charge in [0, 0.05) is 30.6 Å². The smallest absolute Gasteiger partial charge is 0.336 e. The number of hydrogen-bond acceptors (Lipinski definition) is 4. The van der Waals surface area contributed by atoms with Crippen LogP contribution in [0.25, 0.3) is 0 Å². The molecule has 0 aromatic heterocycles. The fourth-order valence-corrected chi connectivity index (χ4v) is 4.02. The van der Waals surface area contributed by atoms with E-state index in [4.69, 9.17) is 9.47 Å². The van der Waals surface area contributed by atoms with Crippen LogP contribution in [0.4, 0.5) is 0 Å². The van der Waals surface area contributed by atoms with Crippen LogP contribution in [0.2, 0.25) is 0 Å². The maximum absolute atomic E-state index is 11.9. The van der Waals surface area contributed by atoms with E-state index < -0.39 is 11.4 Å². The zero-order valence-electron chi connectivity index (χ0n) is 12.6. The fraction of sp³-hybridized carbons (Fsp3) is 0.688. The largest absolute Gasteiger partial charge is 0.425 e. The third kappa shape index (κ3) is 1.71. The average molecular weight is 278 g/mol. The number of hydrogen-bond donors (Lipinski definition) is 1. The molecule has 0 spiro atoms. The maximum atomic E-state index is 11.9. The minimum absolute atomic E-state index is 0.0685. The molecule has 0 amide bonds. The second kappa shape index (κ2) is 4.18. The lowest BCUT2D eigenvalue weighted by atomic mass is 9.83. The predicted molar refractivity (Wildman–Crippen MR) is 73.8 cm³/mol. The molecular weight excluding hydrogens is 256 g/mol. The van der Waals surface area contributed by atoms with Crippen LogP contribution >= 0.6 is 0 Å². The van der Waals surface area contributed by atoms with E-state index in [0.29, 0.717) is 18.4 Å². The summed E-state index contributed by atoms with van der Waals surface area (Å²) in [6.07, 6.45) is 2.92. The van der Waals surface area contributed by atoms with Crippen LogP contribution in [-0.2, 0) is 14.3 Å². The number of esters is 1. The lowest BCUT2D eigenvalue weighted by molar-refractivity contribution is -0.192. The van der Waals surface area contributed by atoms with Crippen molar-refractivity contribution in [3.63, 3.8) is 0 Å². The number of aliphatic hydroxyl groups is 1. The molecule has 4 nitrogen and oxygen atoms in total. The molecule has 0 bridgehead atoms. The molecule has 3 atom stereocenters. The van der Waals surface area contributed by atoms with Gasteiger partial charge in [0.15, 0.2) is 0 Å². The van der Waals surface area contributed by atoms with Gasteiger partial charge < -0.3 is 14.6 Å². The molecule has 1 heterocycles. The Morgan fingerprint density at radius 2 is 2.10 bits per heavy atom. The van der Waals surface area contributed by atoms with Gasteiger partial charge in [0.1, 0.15) is 0 Å². The summed E-state index contributed by atoms with van der Waals surface area (Å²) in [6.45, 7) is 5.75. The van der Waals surface area contributed by atoms with Gasteiger partial charge in [-0.3, -0.25) is 0 Å². The minimum atomic E-state index is -0.946. The summed E-state index contributed by atoms with van der Waals surface area (Å²) in [5.41, 5.74) is 3.35. The zero-order chi connectivity index (χ0) is 14.7. The Labute approximate surface area is 119 Å².